The second-order valence-electron chi connectivity index (χ2n) is 2.75. The Bertz CT molecular complexity index is 159. The van der Waals surface area contributed by atoms with Crippen LogP contribution in [0.15, 0.2) is 12.2 Å². The lowest BCUT2D eigenvalue weighted by molar-refractivity contribution is -0.138. The zero-order valence-corrected chi connectivity index (χ0v) is 6.87. The smallest absolute Gasteiger partial charge is 0.303 e. The highest BCUT2D eigenvalue weighted by Crippen LogP contribution is 2.13. The molecule has 0 aliphatic carbocycles. The van der Waals surface area contributed by atoms with Gasteiger partial charge in [-0.25, -0.2) is 0 Å². The van der Waals surface area contributed by atoms with Crippen LogP contribution in [-0.2, 0) is 4.79 Å². The van der Waals surface area contributed by atoms with Crippen molar-refractivity contribution in [1.29, 1.82) is 0 Å². The Morgan fingerprint density at radius 1 is 1.64 bits per heavy atom. The first kappa shape index (κ1) is 10.2. The maximum atomic E-state index is 10.1. The molecule has 1 unspecified atom stereocenters. The van der Waals surface area contributed by atoms with Gasteiger partial charge in [-0.1, -0.05) is 12.2 Å². The third-order valence-corrected chi connectivity index (χ3v) is 1.37. The fourth-order valence-electron chi connectivity index (χ4n) is 0.802. The molecule has 0 saturated heterocycles. The molecule has 0 aliphatic rings. The third kappa shape index (κ3) is 5.61. The molecule has 64 valence electrons. The topological polar surface area (TPSA) is 57.5 Å². The number of rotatable bonds is 4. The summed E-state index contributed by atoms with van der Waals surface area (Å²) in [6.45, 7) is 3.38. The summed E-state index contributed by atoms with van der Waals surface area (Å²) in [4.78, 5) is 10.1. The first-order valence-electron chi connectivity index (χ1n) is 3.56. The lowest BCUT2D eigenvalue weighted by atomic mass is 10.00. The molecule has 0 aromatic carbocycles. The molecule has 0 saturated carbocycles. The van der Waals surface area contributed by atoms with Crippen molar-refractivity contribution in [2.24, 2.45) is 0 Å². The first-order valence-corrected chi connectivity index (χ1v) is 3.56. The number of allylic oxidation sites excluding steroid dienone is 1. The van der Waals surface area contributed by atoms with Crippen LogP contribution in [0.25, 0.3) is 0 Å². The van der Waals surface area contributed by atoms with Crippen LogP contribution in [-0.4, -0.2) is 21.8 Å². The van der Waals surface area contributed by atoms with Gasteiger partial charge in [-0.3, -0.25) is 4.79 Å². The molecule has 0 fully saturated rings. The standard InChI is InChI=1S/C8H14O3/c1-3-5-8(2,11)6-4-7(9)10/h3,5,11H,4,6H2,1-2H3,(H,9,10). The maximum Gasteiger partial charge on any atom is 0.303 e. The van der Waals surface area contributed by atoms with E-state index in [2.05, 4.69) is 0 Å². The van der Waals surface area contributed by atoms with Gasteiger partial charge in [0.2, 0.25) is 0 Å². The molecule has 0 aliphatic heterocycles. The number of carbonyl (C=O) groups is 1. The lowest BCUT2D eigenvalue weighted by Crippen LogP contribution is -2.21. The quantitative estimate of drug-likeness (QED) is 0.604. The largest absolute Gasteiger partial charge is 0.481 e. The van der Waals surface area contributed by atoms with Crippen LogP contribution in [0.1, 0.15) is 26.7 Å². The van der Waals surface area contributed by atoms with E-state index < -0.39 is 11.6 Å². The average molecular weight is 158 g/mol. The zero-order valence-electron chi connectivity index (χ0n) is 6.87. The first-order chi connectivity index (χ1) is 4.98. The van der Waals surface area contributed by atoms with Crippen molar-refractivity contribution in [3.05, 3.63) is 12.2 Å². The van der Waals surface area contributed by atoms with Gasteiger partial charge in [0.25, 0.3) is 0 Å². The molecule has 0 radical (unpaired) electrons. The Labute approximate surface area is 66.4 Å². The van der Waals surface area contributed by atoms with Crippen LogP contribution in [0.5, 0.6) is 0 Å². The molecule has 0 aromatic heterocycles. The van der Waals surface area contributed by atoms with E-state index in [4.69, 9.17) is 5.11 Å². The summed E-state index contributed by atoms with van der Waals surface area (Å²) in [5, 5.41) is 17.7. The van der Waals surface area contributed by atoms with Gasteiger partial charge >= 0.3 is 5.97 Å². The summed E-state index contributed by atoms with van der Waals surface area (Å²) in [6, 6.07) is 0. The van der Waals surface area contributed by atoms with Gasteiger partial charge in [-0.05, 0) is 20.3 Å². The Morgan fingerprint density at radius 3 is 2.55 bits per heavy atom. The number of hydrogen-bond donors (Lipinski definition) is 2. The van der Waals surface area contributed by atoms with E-state index >= 15 is 0 Å². The summed E-state index contributed by atoms with van der Waals surface area (Å²) in [5.41, 5.74) is -0.979. The normalized spacial score (nSPS) is 16.6. The van der Waals surface area contributed by atoms with Crippen molar-refractivity contribution in [3.63, 3.8) is 0 Å². The minimum absolute atomic E-state index is 0.00264. The molecule has 2 N–H and O–H groups in total. The van der Waals surface area contributed by atoms with Crippen LogP contribution in [0.3, 0.4) is 0 Å². The molecular formula is C8H14O3. The van der Waals surface area contributed by atoms with Crippen molar-refractivity contribution in [1.82, 2.24) is 0 Å². The van der Waals surface area contributed by atoms with E-state index in [0.717, 1.165) is 0 Å². The minimum Gasteiger partial charge on any atom is -0.481 e. The number of aliphatic hydroxyl groups is 1. The zero-order chi connectivity index (χ0) is 8.91. The van der Waals surface area contributed by atoms with Crippen molar-refractivity contribution in [2.45, 2.75) is 32.3 Å². The molecule has 0 rings (SSSR count). The van der Waals surface area contributed by atoms with E-state index in [0.29, 0.717) is 0 Å². The predicted octanol–water partition coefficient (Wildman–Crippen LogP) is 1.18. The summed E-state index contributed by atoms with van der Waals surface area (Å²) >= 11 is 0. The predicted molar refractivity (Wildman–Crippen MR) is 42.3 cm³/mol. The van der Waals surface area contributed by atoms with Crippen molar-refractivity contribution < 1.29 is 15.0 Å². The highest BCUT2D eigenvalue weighted by molar-refractivity contribution is 5.66. The van der Waals surface area contributed by atoms with Gasteiger partial charge in [-0.15, -0.1) is 0 Å². The fourth-order valence-corrected chi connectivity index (χ4v) is 0.802. The maximum absolute atomic E-state index is 10.1. The SMILES string of the molecule is CC=CC(C)(O)CCC(=O)O. The van der Waals surface area contributed by atoms with Gasteiger partial charge in [0.1, 0.15) is 0 Å². The Kier molecular flexibility index (Phi) is 3.82. The Hall–Kier alpha value is -0.830. The second-order valence-corrected chi connectivity index (χ2v) is 2.75. The van der Waals surface area contributed by atoms with E-state index in [1.54, 1.807) is 26.0 Å². The molecule has 0 bridgehead atoms. The monoisotopic (exact) mass is 158 g/mol. The van der Waals surface area contributed by atoms with Crippen LogP contribution in [0, 0.1) is 0 Å². The van der Waals surface area contributed by atoms with E-state index in [9.17, 15) is 9.90 Å². The summed E-state index contributed by atoms with van der Waals surface area (Å²) in [7, 11) is 0. The number of carboxylic acid groups (broad SMARTS) is 1. The Morgan fingerprint density at radius 2 is 2.18 bits per heavy atom. The molecule has 0 spiro atoms. The fraction of sp³-hybridized carbons (Fsp3) is 0.625. The highest BCUT2D eigenvalue weighted by atomic mass is 16.4. The van der Waals surface area contributed by atoms with Crippen LogP contribution in [0.4, 0.5) is 0 Å². The van der Waals surface area contributed by atoms with E-state index in [1.165, 1.54) is 0 Å². The van der Waals surface area contributed by atoms with Gasteiger partial charge in [0.05, 0.1) is 5.60 Å². The number of aliphatic carboxylic acids is 1. The minimum atomic E-state index is -0.979. The van der Waals surface area contributed by atoms with Gasteiger partial charge in [0.15, 0.2) is 0 Å². The van der Waals surface area contributed by atoms with Crippen molar-refractivity contribution >= 4 is 5.97 Å². The van der Waals surface area contributed by atoms with E-state index in [1.807, 2.05) is 0 Å². The third-order valence-electron chi connectivity index (χ3n) is 1.37. The molecule has 1 atom stereocenters. The summed E-state index contributed by atoms with van der Waals surface area (Å²) < 4.78 is 0. The molecule has 0 amide bonds. The van der Waals surface area contributed by atoms with Crippen LogP contribution >= 0.6 is 0 Å². The number of hydrogen-bond acceptors (Lipinski definition) is 2. The molecule has 3 nitrogen and oxygen atoms in total. The Balaban J connectivity index is 3.82. The lowest BCUT2D eigenvalue weighted by Gasteiger charge is -2.16. The average Bonchev–Trinajstić information content (AvgIpc) is 1.84. The number of carboxylic acids is 1. The molecule has 0 heterocycles. The molecule has 11 heavy (non-hydrogen) atoms. The van der Waals surface area contributed by atoms with Gasteiger partial charge in [0, 0.05) is 6.42 Å². The van der Waals surface area contributed by atoms with Crippen LogP contribution < -0.4 is 0 Å². The summed E-state index contributed by atoms with van der Waals surface area (Å²) in [5.74, 6) is -0.880. The molecule has 3 heteroatoms. The van der Waals surface area contributed by atoms with Crippen molar-refractivity contribution in [3.8, 4) is 0 Å². The summed E-state index contributed by atoms with van der Waals surface area (Å²) in [6.07, 6.45) is 3.56. The van der Waals surface area contributed by atoms with Gasteiger partial charge < -0.3 is 10.2 Å². The molecular weight excluding hydrogens is 144 g/mol. The van der Waals surface area contributed by atoms with Crippen LogP contribution in [0.2, 0.25) is 0 Å². The van der Waals surface area contributed by atoms with Crippen molar-refractivity contribution in [2.75, 3.05) is 0 Å². The highest BCUT2D eigenvalue weighted by Gasteiger charge is 2.16. The van der Waals surface area contributed by atoms with Gasteiger partial charge in [-0.2, -0.15) is 0 Å². The molecule has 0 aromatic rings. The second kappa shape index (κ2) is 4.13. The van der Waals surface area contributed by atoms with E-state index in [-0.39, 0.29) is 12.8 Å².